The van der Waals surface area contributed by atoms with Crippen molar-refractivity contribution in [2.45, 2.75) is 6.92 Å². The highest BCUT2D eigenvalue weighted by Gasteiger charge is 2.14. The zero-order chi connectivity index (χ0) is 13.3. The Balaban J connectivity index is 2.27. The van der Waals surface area contributed by atoms with Crippen molar-refractivity contribution in [1.29, 1.82) is 0 Å². The molecule has 6 heteroatoms. The number of halogens is 2. The fraction of sp³-hybridized carbons (Fsp3) is 0.0833. The topological polar surface area (TPSA) is 68.3 Å². The molecule has 0 radical (unpaired) electrons. The average molecular weight is 330 g/mol. The molecule has 2 aromatic rings. The molecule has 3 N–H and O–H groups in total. The lowest BCUT2D eigenvalue weighted by atomic mass is 10.2. The number of benzene rings is 1. The smallest absolute Gasteiger partial charge is 0.291 e. The molecule has 18 heavy (non-hydrogen) atoms. The van der Waals surface area contributed by atoms with Crippen molar-refractivity contribution in [3.8, 4) is 0 Å². The molecule has 94 valence electrons. The van der Waals surface area contributed by atoms with Gasteiger partial charge in [-0.3, -0.25) is 4.79 Å². The first-order valence-electron chi connectivity index (χ1n) is 5.09. The highest BCUT2D eigenvalue weighted by atomic mass is 79.9. The lowest BCUT2D eigenvalue weighted by Gasteiger charge is -2.10. The van der Waals surface area contributed by atoms with E-state index in [1.807, 2.05) is 13.0 Å². The van der Waals surface area contributed by atoms with Gasteiger partial charge in [-0.25, -0.2) is 0 Å². The van der Waals surface area contributed by atoms with Crippen LogP contribution in [-0.2, 0) is 0 Å². The SMILES string of the molecule is Cc1cc(N)c(NC(=O)c2ccc(Cl)o2)c(Br)c1. The minimum absolute atomic E-state index is 0.131. The van der Waals surface area contributed by atoms with E-state index >= 15 is 0 Å². The van der Waals surface area contributed by atoms with E-state index in [2.05, 4.69) is 21.2 Å². The maximum absolute atomic E-state index is 11.9. The normalized spacial score (nSPS) is 10.4. The van der Waals surface area contributed by atoms with Crippen LogP contribution in [0.4, 0.5) is 11.4 Å². The number of furan rings is 1. The van der Waals surface area contributed by atoms with Crippen LogP contribution in [0.15, 0.2) is 33.2 Å². The van der Waals surface area contributed by atoms with E-state index in [0.717, 1.165) is 5.56 Å². The summed E-state index contributed by atoms with van der Waals surface area (Å²) < 4.78 is 5.73. The van der Waals surface area contributed by atoms with Crippen molar-refractivity contribution < 1.29 is 9.21 Å². The number of rotatable bonds is 2. The number of carbonyl (C=O) groups is 1. The molecule has 1 aromatic heterocycles. The van der Waals surface area contributed by atoms with Crippen molar-refractivity contribution in [3.05, 3.63) is 45.3 Å². The number of hydrogen-bond donors (Lipinski definition) is 2. The summed E-state index contributed by atoms with van der Waals surface area (Å²) in [4.78, 5) is 11.9. The number of carbonyl (C=O) groups excluding carboxylic acids is 1. The van der Waals surface area contributed by atoms with Crippen molar-refractivity contribution in [2.75, 3.05) is 11.1 Å². The molecular formula is C12H10BrClN2O2. The van der Waals surface area contributed by atoms with Crippen molar-refractivity contribution >= 4 is 44.8 Å². The van der Waals surface area contributed by atoms with Crippen LogP contribution in [0.1, 0.15) is 16.1 Å². The van der Waals surface area contributed by atoms with E-state index in [9.17, 15) is 4.79 Å². The molecule has 0 unspecified atom stereocenters. The van der Waals surface area contributed by atoms with Crippen LogP contribution in [0, 0.1) is 6.92 Å². The Morgan fingerprint density at radius 1 is 1.44 bits per heavy atom. The Bertz CT molecular complexity index is 587. The number of anilines is 2. The van der Waals surface area contributed by atoms with E-state index in [-0.39, 0.29) is 11.0 Å². The number of amides is 1. The number of nitrogens with two attached hydrogens (primary N) is 1. The summed E-state index contributed by atoms with van der Waals surface area (Å²) in [5, 5.41) is 2.84. The molecular weight excluding hydrogens is 320 g/mol. The minimum Gasteiger partial charge on any atom is -0.440 e. The number of nitrogen functional groups attached to an aromatic ring is 1. The van der Waals surface area contributed by atoms with Gasteiger partial charge in [0.25, 0.3) is 5.91 Å². The third-order valence-corrected chi connectivity index (χ3v) is 3.13. The molecule has 1 heterocycles. The van der Waals surface area contributed by atoms with Crippen LogP contribution in [0.2, 0.25) is 5.22 Å². The van der Waals surface area contributed by atoms with Gasteiger partial charge in [-0.15, -0.1) is 0 Å². The quantitative estimate of drug-likeness (QED) is 0.823. The summed E-state index contributed by atoms with van der Waals surface area (Å²) >= 11 is 8.96. The highest BCUT2D eigenvalue weighted by molar-refractivity contribution is 9.10. The predicted molar refractivity (Wildman–Crippen MR) is 75.0 cm³/mol. The van der Waals surface area contributed by atoms with Crippen LogP contribution in [0.25, 0.3) is 0 Å². The first-order chi connectivity index (χ1) is 8.47. The summed E-state index contributed by atoms with van der Waals surface area (Å²) in [7, 11) is 0. The number of nitrogens with one attached hydrogen (secondary N) is 1. The molecule has 2 rings (SSSR count). The summed E-state index contributed by atoms with van der Waals surface area (Å²) in [6.45, 7) is 1.92. The molecule has 1 aromatic carbocycles. The van der Waals surface area contributed by atoms with Crippen LogP contribution in [0.5, 0.6) is 0 Å². The maximum Gasteiger partial charge on any atom is 0.291 e. The fourth-order valence-electron chi connectivity index (χ4n) is 1.51. The molecule has 0 saturated heterocycles. The summed E-state index contributed by atoms with van der Waals surface area (Å²) in [6.07, 6.45) is 0. The summed E-state index contributed by atoms with van der Waals surface area (Å²) in [6, 6.07) is 6.64. The van der Waals surface area contributed by atoms with E-state index in [0.29, 0.717) is 15.8 Å². The maximum atomic E-state index is 11.9. The predicted octanol–water partition coefficient (Wildman–Crippen LogP) is 3.84. The molecule has 0 fully saturated rings. The summed E-state index contributed by atoms with van der Waals surface area (Å²) in [5.74, 6) is -0.273. The zero-order valence-corrected chi connectivity index (χ0v) is 11.8. The second kappa shape index (κ2) is 5.04. The third kappa shape index (κ3) is 2.68. The zero-order valence-electron chi connectivity index (χ0n) is 9.46. The number of aryl methyl sites for hydroxylation is 1. The van der Waals surface area contributed by atoms with Gasteiger partial charge in [0.15, 0.2) is 11.0 Å². The van der Waals surface area contributed by atoms with Gasteiger partial charge < -0.3 is 15.5 Å². The fourth-order valence-corrected chi connectivity index (χ4v) is 2.35. The van der Waals surface area contributed by atoms with E-state index < -0.39 is 5.91 Å². The Morgan fingerprint density at radius 2 is 2.17 bits per heavy atom. The Hall–Kier alpha value is -1.46. The lowest BCUT2D eigenvalue weighted by molar-refractivity contribution is 0.0996. The van der Waals surface area contributed by atoms with Crippen molar-refractivity contribution in [1.82, 2.24) is 0 Å². The molecule has 1 amide bonds. The van der Waals surface area contributed by atoms with Crippen LogP contribution < -0.4 is 11.1 Å². The molecule has 0 spiro atoms. The van der Waals surface area contributed by atoms with Gasteiger partial charge in [0.05, 0.1) is 11.4 Å². The van der Waals surface area contributed by atoms with E-state index in [1.54, 1.807) is 6.07 Å². The molecule has 0 aliphatic rings. The second-order valence-electron chi connectivity index (χ2n) is 3.77. The molecule has 4 nitrogen and oxygen atoms in total. The molecule has 0 aliphatic carbocycles. The van der Waals surface area contributed by atoms with Gasteiger partial charge in [0.1, 0.15) is 0 Å². The number of hydrogen-bond acceptors (Lipinski definition) is 3. The average Bonchev–Trinajstić information content (AvgIpc) is 2.70. The summed E-state index contributed by atoms with van der Waals surface area (Å²) in [5.41, 5.74) is 7.84. The Labute approximate surface area is 117 Å². The Morgan fingerprint density at radius 3 is 2.72 bits per heavy atom. The molecule has 0 bridgehead atoms. The second-order valence-corrected chi connectivity index (χ2v) is 5.00. The van der Waals surface area contributed by atoms with Crippen LogP contribution in [0.3, 0.4) is 0 Å². The van der Waals surface area contributed by atoms with Crippen LogP contribution >= 0.6 is 27.5 Å². The molecule has 0 aliphatic heterocycles. The van der Waals surface area contributed by atoms with Gasteiger partial charge in [0, 0.05) is 4.47 Å². The van der Waals surface area contributed by atoms with E-state index in [1.165, 1.54) is 12.1 Å². The standard InChI is InChI=1S/C12H10BrClN2O2/c1-6-4-7(13)11(8(15)5-6)16-12(17)9-2-3-10(14)18-9/h2-5H,15H2,1H3,(H,16,17). The van der Waals surface area contributed by atoms with Crippen LogP contribution in [-0.4, -0.2) is 5.91 Å². The first kappa shape index (κ1) is 13.0. The molecule has 0 saturated carbocycles. The van der Waals surface area contributed by atoms with Crippen molar-refractivity contribution in [2.24, 2.45) is 0 Å². The minimum atomic E-state index is -0.404. The van der Waals surface area contributed by atoms with Gasteiger partial charge in [-0.1, -0.05) is 0 Å². The Kier molecular flexibility index (Phi) is 3.63. The van der Waals surface area contributed by atoms with Gasteiger partial charge in [-0.2, -0.15) is 0 Å². The first-order valence-corrected chi connectivity index (χ1v) is 6.27. The monoisotopic (exact) mass is 328 g/mol. The van der Waals surface area contributed by atoms with Gasteiger partial charge >= 0.3 is 0 Å². The van der Waals surface area contributed by atoms with Gasteiger partial charge in [-0.05, 0) is 64.3 Å². The van der Waals surface area contributed by atoms with Crippen molar-refractivity contribution in [3.63, 3.8) is 0 Å². The molecule has 0 atom stereocenters. The largest absolute Gasteiger partial charge is 0.440 e. The lowest BCUT2D eigenvalue weighted by Crippen LogP contribution is -2.13. The third-order valence-electron chi connectivity index (χ3n) is 2.30. The van der Waals surface area contributed by atoms with Gasteiger partial charge in [0.2, 0.25) is 0 Å². The van der Waals surface area contributed by atoms with E-state index in [4.69, 9.17) is 21.8 Å². The highest BCUT2D eigenvalue weighted by Crippen LogP contribution is 2.30.